The molecule has 1 heterocycles. The number of aromatic amines is 1. The molecule has 5 heteroatoms. The van der Waals surface area contributed by atoms with Crippen molar-refractivity contribution in [2.75, 3.05) is 6.54 Å². The minimum absolute atomic E-state index is 0.0987. The van der Waals surface area contributed by atoms with E-state index in [2.05, 4.69) is 21.8 Å². The van der Waals surface area contributed by atoms with Crippen LogP contribution < -0.4 is 0 Å². The van der Waals surface area contributed by atoms with Crippen LogP contribution in [0.25, 0.3) is 0 Å². The second-order valence-corrected chi connectivity index (χ2v) is 3.94. The lowest BCUT2D eigenvalue weighted by Gasteiger charge is -2.18. The van der Waals surface area contributed by atoms with Crippen LogP contribution in [-0.2, 0) is 6.42 Å². The van der Waals surface area contributed by atoms with Crippen LogP contribution in [0.15, 0.2) is 12.7 Å². The standard InChI is InChI=1S/C11H16N4O/c1-3-7-15(8-5-6-8)11(16)10-12-9(4-2)13-14-10/h3,8H,1,4-7H2,2H3,(H,12,13,14). The number of nitrogens with zero attached hydrogens (tertiary/aromatic N) is 3. The van der Waals surface area contributed by atoms with Gasteiger partial charge in [0.2, 0.25) is 5.82 Å². The van der Waals surface area contributed by atoms with E-state index in [9.17, 15) is 4.79 Å². The predicted molar refractivity (Wildman–Crippen MR) is 60.0 cm³/mol. The van der Waals surface area contributed by atoms with Crippen molar-refractivity contribution >= 4 is 5.91 Å². The van der Waals surface area contributed by atoms with Gasteiger partial charge in [0.05, 0.1) is 0 Å². The van der Waals surface area contributed by atoms with Gasteiger partial charge in [0.1, 0.15) is 5.82 Å². The zero-order valence-corrected chi connectivity index (χ0v) is 9.44. The van der Waals surface area contributed by atoms with E-state index in [1.54, 1.807) is 11.0 Å². The molecule has 0 aliphatic heterocycles. The van der Waals surface area contributed by atoms with Gasteiger partial charge in [0.25, 0.3) is 5.91 Å². The van der Waals surface area contributed by atoms with Gasteiger partial charge in [-0.15, -0.1) is 11.7 Å². The molecule has 1 amide bonds. The highest BCUT2D eigenvalue weighted by molar-refractivity contribution is 5.91. The molecule has 0 saturated heterocycles. The van der Waals surface area contributed by atoms with Crippen molar-refractivity contribution in [1.82, 2.24) is 20.1 Å². The molecule has 1 saturated carbocycles. The fourth-order valence-corrected chi connectivity index (χ4v) is 1.60. The van der Waals surface area contributed by atoms with Crippen molar-refractivity contribution in [2.45, 2.75) is 32.2 Å². The number of carbonyl (C=O) groups excluding carboxylic acids is 1. The van der Waals surface area contributed by atoms with E-state index >= 15 is 0 Å². The Balaban J connectivity index is 2.11. The Kier molecular flexibility index (Phi) is 3.03. The second-order valence-electron chi connectivity index (χ2n) is 3.94. The van der Waals surface area contributed by atoms with Crippen LogP contribution in [0.4, 0.5) is 0 Å². The first-order valence-corrected chi connectivity index (χ1v) is 5.59. The number of H-pyrrole nitrogens is 1. The molecule has 16 heavy (non-hydrogen) atoms. The van der Waals surface area contributed by atoms with Crippen LogP contribution in [-0.4, -0.2) is 38.6 Å². The predicted octanol–water partition coefficient (Wildman–Crippen LogP) is 1.16. The van der Waals surface area contributed by atoms with Gasteiger partial charge >= 0.3 is 0 Å². The lowest BCUT2D eigenvalue weighted by molar-refractivity contribution is 0.0751. The van der Waals surface area contributed by atoms with Crippen LogP contribution in [0, 0.1) is 0 Å². The highest BCUT2D eigenvalue weighted by atomic mass is 16.2. The van der Waals surface area contributed by atoms with Gasteiger partial charge in [-0.25, -0.2) is 4.98 Å². The van der Waals surface area contributed by atoms with Crippen molar-refractivity contribution in [1.29, 1.82) is 0 Å². The maximum atomic E-state index is 12.1. The molecular weight excluding hydrogens is 204 g/mol. The number of hydrogen-bond acceptors (Lipinski definition) is 3. The summed E-state index contributed by atoms with van der Waals surface area (Å²) in [5, 5.41) is 6.70. The largest absolute Gasteiger partial charge is 0.329 e. The molecule has 86 valence electrons. The summed E-state index contributed by atoms with van der Waals surface area (Å²) in [6.07, 6.45) is 4.64. The molecule has 5 nitrogen and oxygen atoms in total. The summed E-state index contributed by atoms with van der Waals surface area (Å²) >= 11 is 0. The number of hydrogen-bond donors (Lipinski definition) is 1. The van der Waals surface area contributed by atoms with Gasteiger partial charge in [0, 0.05) is 19.0 Å². The summed E-state index contributed by atoms with van der Waals surface area (Å²) in [4.78, 5) is 18.0. The van der Waals surface area contributed by atoms with E-state index in [1.165, 1.54) is 0 Å². The number of amides is 1. The third-order valence-corrected chi connectivity index (χ3v) is 2.63. The monoisotopic (exact) mass is 220 g/mol. The van der Waals surface area contributed by atoms with Crippen molar-refractivity contribution in [3.8, 4) is 0 Å². The van der Waals surface area contributed by atoms with Crippen LogP contribution >= 0.6 is 0 Å². The Hall–Kier alpha value is -1.65. The molecule has 0 spiro atoms. The van der Waals surface area contributed by atoms with E-state index in [1.807, 2.05) is 6.92 Å². The van der Waals surface area contributed by atoms with Gasteiger partial charge in [-0.2, -0.15) is 0 Å². The average molecular weight is 220 g/mol. The molecule has 2 rings (SSSR count). The average Bonchev–Trinajstić information content (AvgIpc) is 3.02. The van der Waals surface area contributed by atoms with E-state index in [0.717, 1.165) is 25.1 Å². The summed E-state index contributed by atoms with van der Waals surface area (Å²) in [7, 11) is 0. The lowest BCUT2D eigenvalue weighted by atomic mass is 10.4. The number of rotatable bonds is 5. The molecule has 0 atom stereocenters. The molecule has 0 unspecified atom stereocenters. The van der Waals surface area contributed by atoms with Crippen molar-refractivity contribution in [3.63, 3.8) is 0 Å². The summed E-state index contributed by atoms with van der Waals surface area (Å²) in [6, 6.07) is 0.356. The van der Waals surface area contributed by atoms with E-state index in [4.69, 9.17) is 0 Å². The lowest BCUT2D eigenvalue weighted by Crippen LogP contribution is -2.34. The van der Waals surface area contributed by atoms with Gasteiger partial charge in [-0.3, -0.25) is 9.89 Å². The molecular formula is C11H16N4O. The van der Waals surface area contributed by atoms with Crippen LogP contribution in [0.5, 0.6) is 0 Å². The SMILES string of the molecule is C=CCN(C(=O)c1n[nH]c(CC)n1)C1CC1. The molecule has 1 aromatic heterocycles. The molecule has 0 aromatic carbocycles. The fraction of sp³-hybridized carbons (Fsp3) is 0.545. The first-order chi connectivity index (χ1) is 7.76. The van der Waals surface area contributed by atoms with Crippen LogP contribution in [0.1, 0.15) is 36.2 Å². The second kappa shape index (κ2) is 4.47. The van der Waals surface area contributed by atoms with E-state index < -0.39 is 0 Å². The summed E-state index contributed by atoms with van der Waals surface area (Å²) < 4.78 is 0. The zero-order chi connectivity index (χ0) is 11.5. The Bertz CT molecular complexity index is 394. The Morgan fingerprint density at radius 3 is 2.94 bits per heavy atom. The molecule has 1 fully saturated rings. The molecule has 0 bridgehead atoms. The molecule has 0 radical (unpaired) electrons. The van der Waals surface area contributed by atoms with Crippen LogP contribution in [0.2, 0.25) is 0 Å². The minimum Gasteiger partial charge on any atom is -0.329 e. The number of nitrogens with one attached hydrogen (secondary N) is 1. The first kappa shape index (κ1) is 10.9. The number of aromatic nitrogens is 3. The maximum absolute atomic E-state index is 12.1. The first-order valence-electron chi connectivity index (χ1n) is 5.59. The smallest absolute Gasteiger partial charge is 0.294 e. The van der Waals surface area contributed by atoms with Crippen molar-refractivity contribution < 1.29 is 4.79 Å². The van der Waals surface area contributed by atoms with Gasteiger partial charge in [-0.1, -0.05) is 13.0 Å². The third kappa shape index (κ3) is 2.13. The summed E-state index contributed by atoms with van der Waals surface area (Å²) in [6.45, 7) is 6.20. The summed E-state index contributed by atoms with van der Waals surface area (Å²) in [5.74, 6) is 0.918. The van der Waals surface area contributed by atoms with E-state index in [-0.39, 0.29) is 11.7 Å². The number of carbonyl (C=O) groups is 1. The molecule has 1 aliphatic carbocycles. The number of aryl methyl sites for hydroxylation is 1. The van der Waals surface area contributed by atoms with Crippen molar-refractivity contribution in [2.24, 2.45) is 0 Å². The Morgan fingerprint density at radius 2 is 2.44 bits per heavy atom. The van der Waals surface area contributed by atoms with Gasteiger partial charge in [-0.05, 0) is 12.8 Å². The summed E-state index contributed by atoms with van der Waals surface area (Å²) in [5.41, 5.74) is 0. The Labute approximate surface area is 94.6 Å². The van der Waals surface area contributed by atoms with Crippen molar-refractivity contribution in [3.05, 3.63) is 24.3 Å². The van der Waals surface area contributed by atoms with Crippen LogP contribution in [0.3, 0.4) is 0 Å². The van der Waals surface area contributed by atoms with Gasteiger partial charge in [0.15, 0.2) is 0 Å². The fourth-order valence-electron chi connectivity index (χ4n) is 1.60. The topological polar surface area (TPSA) is 61.9 Å². The molecule has 1 aromatic rings. The quantitative estimate of drug-likeness (QED) is 0.757. The maximum Gasteiger partial charge on any atom is 0.294 e. The third-order valence-electron chi connectivity index (χ3n) is 2.63. The highest BCUT2D eigenvalue weighted by Gasteiger charge is 2.33. The van der Waals surface area contributed by atoms with Gasteiger partial charge < -0.3 is 4.90 Å². The Morgan fingerprint density at radius 1 is 1.69 bits per heavy atom. The normalized spacial score (nSPS) is 14.8. The minimum atomic E-state index is -0.0987. The van der Waals surface area contributed by atoms with E-state index in [0.29, 0.717) is 12.6 Å². The molecule has 1 N–H and O–H groups in total. The zero-order valence-electron chi connectivity index (χ0n) is 9.44. The molecule has 1 aliphatic rings. The highest BCUT2D eigenvalue weighted by Crippen LogP contribution is 2.27.